The van der Waals surface area contributed by atoms with Gasteiger partial charge in [-0.25, -0.2) is 9.78 Å². The number of carboxylic acid groups (broad SMARTS) is 1. The maximum absolute atomic E-state index is 12.5. The highest BCUT2D eigenvalue weighted by Gasteiger charge is 2.28. The Balaban J connectivity index is 2.30. The molecule has 3 rings (SSSR count). The molecule has 0 fully saturated rings. The first-order chi connectivity index (χ1) is 9.54. The Hall–Kier alpha value is -1.95. The zero-order chi connectivity index (χ0) is 14.4. The predicted octanol–water partition coefficient (Wildman–Crippen LogP) is 2.53. The number of nitrogens with zero attached hydrogens (tertiary/aromatic N) is 2. The highest BCUT2D eigenvalue weighted by Crippen LogP contribution is 2.33. The van der Waals surface area contributed by atoms with Gasteiger partial charge in [0.25, 0.3) is 5.56 Å². The fourth-order valence-corrected chi connectivity index (χ4v) is 3.82. The van der Waals surface area contributed by atoms with Crippen molar-refractivity contribution in [1.82, 2.24) is 9.55 Å². The summed E-state index contributed by atoms with van der Waals surface area (Å²) in [5.74, 6) is -0.0291. The van der Waals surface area contributed by atoms with Crippen molar-refractivity contribution in [2.45, 2.75) is 32.2 Å². The van der Waals surface area contributed by atoms with Crippen molar-refractivity contribution in [3.05, 3.63) is 39.3 Å². The molecule has 20 heavy (non-hydrogen) atoms. The molecule has 5 nitrogen and oxygen atoms in total. The third-order valence-corrected chi connectivity index (χ3v) is 4.97. The molecule has 0 saturated carbocycles. The van der Waals surface area contributed by atoms with Gasteiger partial charge in [-0.05, 0) is 25.3 Å². The SMILES string of the molecule is C=CCC1CCn2c1nc1sc(C(=O)O)c(C)c1c2=O. The second-order valence-electron chi connectivity index (χ2n) is 4.98. The van der Waals surface area contributed by atoms with E-state index in [4.69, 9.17) is 5.11 Å². The number of fused-ring (bicyclic) bond motifs is 2. The van der Waals surface area contributed by atoms with Crippen LogP contribution in [-0.4, -0.2) is 20.6 Å². The van der Waals surface area contributed by atoms with Crippen molar-refractivity contribution in [3.63, 3.8) is 0 Å². The minimum Gasteiger partial charge on any atom is -0.477 e. The second-order valence-corrected chi connectivity index (χ2v) is 5.98. The fraction of sp³-hybridized carbons (Fsp3) is 0.357. The summed E-state index contributed by atoms with van der Waals surface area (Å²) in [4.78, 5) is 29.0. The van der Waals surface area contributed by atoms with E-state index >= 15 is 0 Å². The number of aromatic nitrogens is 2. The predicted molar refractivity (Wildman–Crippen MR) is 77.7 cm³/mol. The second kappa shape index (κ2) is 4.56. The molecule has 1 aliphatic heterocycles. The topological polar surface area (TPSA) is 72.2 Å². The number of aromatic carboxylic acids is 1. The van der Waals surface area contributed by atoms with E-state index < -0.39 is 5.97 Å². The first-order valence-corrected chi connectivity index (χ1v) is 7.24. The van der Waals surface area contributed by atoms with E-state index in [0.29, 0.717) is 22.3 Å². The Kier molecular flexibility index (Phi) is 2.97. The molecule has 2 aromatic heterocycles. The van der Waals surface area contributed by atoms with Crippen LogP contribution in [0.1, 0.15) is 39.8 Å². The minimum absolute atomic E-state index is 0.113. The van der Waals surface area contributed by atoms with Crippen LogP contribution in [0.3, 0.4) is 0 Å². The van der Waals surface area contributed by atoms with Gasteiger partial charge in [0.05, 0.1) is 5.39 Å². The summed E-state index contributed by atoms with van der Waals surface area (Å²) >= 11 is 1.08. The number of allylic oxidation sites excluding steroid dienone is 1. The summed E-state index contributed by atoms with van der Waals surface area (Å²) in [6, 6.07) is 0. The van der Waals surface area contributed by atoms with Gasteiger partial charge in [0.2, 0.25) is 0 Å². The summed E-state index contributed by atoms with van der Waals surface area (Å²) in [5, 5.41) is 9.62. The highest BCUT2D eigenvalue weighted by atomic mass is 32.1. The van der Waals surface area contributed by atoms with E-state index in [9.17, 15) is 9.59 Å². The van der Waals surface area contributed by atoms with Crippen LogP contribution in [0.4, 0.5) is 0 Å². The van der Waals surface area contributed by atoms with E-state index in [1.165, 1.54) is 0 Å². The van der Waals surface area contributed by atoms with Crippen LogP contribution in [0.5, 0.6) is 0 Å². The molecule has 0 saturated heterocycles. The van der Waals surface area contributed by atoms with E-state index in [-0.39, 0.29) is 16.4 Å². The van der Waals surface area contributed by atoms with Crippen LogP contribution >= 0.6 is 11.3 Å². The summed E-state index contributed by atoms with van der Waals surface area (Å²) in [5.41, 5.74) is 0.412. The smallest absolute Gasteiger partial charge is 0.346 e. The summed E-state index contributed by atoms with van der Waals surface area (Å²) < 4.78 is 1.68. The van der Waals surface area contributed by atoms with Gasteiger partial charge in [0.1, 0.15) is 15.5 Å². The third-order valence-electron chi connectivity index (χ3n) is 3.79. The van der Waals surface area contributed by atoms with Gasteiger partial charge in [0, 0.05) is 12.5 Å². The van der Waals surface area contributed by atoms with E-state index in [1.807, 2.05) is 6.08 Å². The number of carboxylic acids is 1. The standard InChI is InChI=1S/C14H14N2O3S/c1-3-4-8-5-6-16-11(8)15-12-9(13(16)17)7(2)10(20-12)14(18)19/h3,8H,1,4-6H2,2H3,(H,18,19). The molecule has 2 aromatic rings. The number of hydrogen-bond acceptors (Lipinski definition) is 4. The average Bonchev–Trinajstić information content (AvgIpc) is 2.93. The molecule has 3 heterocycles. The van der Waals surface area contributed by atoms with Gasteiger partial charge < -0.3 is 5.11 Å². The zero-order valence-electron chi connectivity index (χ0n) is 11.0. The molecular weight excluding hydrogens is 276 g/mol. The Morgan fingerprint density at radius 1 is 1.65 bits per heavy atom. The Morgan fingerprint density at radius 2 is 2.40 bits per heavy atom. The fourth-order valence-electron chi connectivity index (χ4n) is 2.80. The molecule has 0 amide bonds. The minimum atomic E-state index is -1.00. The Morgan fingerprint density at radius 3 is 3.05 bits per heavy atom. The molecule has 1 unspecified atom stereocenters. The number of hydrogen-bond donors (Lipinski definition) is 1. The average molecular weight is 290 g/mol. The van der Waals surface area contributed by atoms with Crippen molar-refractivity contribution in [2.24, 2.45) is 0 Å². The van der Waals surface area contributed by atoms with Gasteiger partial charge in [-0.1, -0.05) is 6.08 Å². The van der Waals surface area contributed by atoms with E-state index in [2.05, 4.69) is 11.6 Å². The first kappa shape index (κ1) is 13.1. The molecule has 0 radical (unpaired) electrons. The molecule has 6 heteroatoms. The first-order valence-electron chi connectivity index (χ1n) is 6.42. The van der Waals surface area contributed by atoms with Gasteiger partial charge in [-0.15, -0.1) is 17.9 Å². The number of carbonyl (C=O) groups is 1. The Bertz CT molecular complexity index is 788. The van der Waals surface area contributed by atoms with Crippen LogP contribution in [0, 0.1) is 6.92 Å². The van der Waals surface area contributed by atoms with E-state index in [1.54, 1.807) is 11.5 Å². The van der Waals surface area contributed by atoms with E-state index in [0.717, 1.165) is 30.0 Å². The van der Waals surface area contributed by atoms with Crippen molar-refractivity contribution >= 4 is 27.5 Å². The molecule has 0 bridgehead atoms. The quantitative estimate of drug-likeness (QED) is 0.882. The van der Waals surface area contributed by atoms with Gasteiger partial charge in [0.15, 0.2) is 0 Å². The molecule has 1 atom stereocenters. The summed E-state index contributed by atoms with van der Waals surface area (Å²) in [7, 11) is 0. The summed E-state index contributed by atoms with van der Waals surface area (Å²) in [6.07, 6.45) is 3.50. The molecule has 0 spiro atoms. The lowest BCUT2D eigenvalue weighted by molar-refractivity contribution is 0.0701. The molecule has 1 N–H and O–H groups in total. The lowest BCUT2D eigenvalue weighted by Crippen LogP contribution is -2.21. The van der Waals surface area contributed by atoms with Crippen LogP contribution in [0.25, 0.3) is 10.2 Å². The van der Waals surface area contributed by atoms with Crippen LogP contribution in [0.2, 0.25) is 0 Å². The number of rotatable bonds is 3. The monoisotopic (exact) mass is 290 g/mol. The summed E-state index contributed by atoms with van der Waals surface area (Å²) in [6.45, 7) is 6.05. The molecule has 0 aromatic carbocycles. The number of aryl methyl sites for hydroxylation is 1. The van der Waals surface area contributed by atoms with Crippen molar-refractivity contribution in [1.29, 1.82) is 0 Å². The van der Waals surface area contributed by atoms with Gasteiger partial charge in [-0.2, -0.15) is 0 Å². The van der Waals surface area contributed by atoms with Crippen LogP contribution < -0.4 is 5.56 Å². The molecule has 0 aliphatic carbocycles. The van der Waals surface area contributed by atoms with Crippen molar-refractivity contribution in [3.8, 4) is 0 Å². The largest absolute Gasteiger partial charge is 0.477 e. The third kappa shape index (κ3) is 1.71. The lowest BCUT2D eigenvalue weighted by Gasteiger charge is -2.07. The van der Waals surface area contributed by atoms with Crippen molar-refractivity contribution < 1.29 is 9.90 Å². The molecular formula is C14H14N2O3S. The lowest BCUT2D eigenvalue weighted by atomic mass is 10.0. The molecule has 104 valence electrons. The maximum atomic E-state index is 12.5. The Labute approximate surface area is 119 Å². The van der Waals surface area contributed by atoms with Gasteiger partial charge >= 0.3 is 5.97 Å². The van der Waals surface area contributed by atoms with Gasteiger partial charge in [-0.3, -0.25) is 9.36 Å². The molecule has 1 aliphatic rings. The highest BCUT2D eigenvalue weighted by molar-refractivity contribution is 7.20. The van der Waals surface area contributed by atoms with Crippen LogP contribution in [0.15, 0.2) is 17.4 Å². The normalized spacial score (nSPS) is 17.4. The zero-order valence-corrected chi connectivity index (χ0v) is 11.9. The number of thiophene rings is 1. The van der Waals surface area contributed by atoms with Crippen molar-refractivity contribution in [2.75, 3.05) is 0 Å². The maximum Gasteiger partial charge on any atom is 0.346 e. The van der Waals surface area contributed by atoms with Crippen LogP contribution in [-0.2, 0) is 6.54 Å².